The molecule has 2 aliphatic rings. The van der Waals surface area contributed by atoms with Crippen molar-refractivity contribution < 1.29 is 13.2 Å². The van der Waals surface area contributed by atoms with Gasteiger partial charge in [0, 0.05) is 17.1 Å². The molecule has 24 heavy (non-hydrogen) atoms. The molecule has 0 saturated heterocycles. The van der Waals surface area contributed by atoms with Gasteiger partial charge < -0.3 is 5.32 Å². The minimum absolute atomic E-state index is 0.0194. The Kier molecular flexibility index (Phi) is 3.51. The van der Waals surface area contributed by atoms with Crippen molar-refractivity contribution in [2.75, 3.05) is 5.32 Å². The summed E-state index contributed by atoms with van der Waals surface area (Å²) >= 11 is 5.93. The summed E-state index contributed by atoms with van der Waals surface area (Å²) in [5, 5.41) is 3.46. The number of halogens is 1. The van der Waals surface area contributed by atoms with E-state index in [1.807, 2.05) is 30.3 Å². The van der Waals surface area contributed by atoms with Crippen molar-refractivity contribution in [2.24, 2.45) is 0 Å². The van der Waals surface area contributed by atoms with Crippen LogP contribution in [0.2, 0.25) is 5.02 Å². The van der Waals surface area contributed by atoms with E-state index >= 15 is 0 Å². The van der Waals surface area contributed by atoms with Gasteiger partial charge in [-0.05, 0) is 36.1 Å². The molecule has 1 N–H and O–H groups in total. The highest BCUT2D eigenvalue weighted by Gasteiger charge is 2.41. The van der Waals surface area contributed by atoms with Gasteiger partial charge in [-0.25, -0.2) is 8.42 Å². The van der Waals surface area contributed by atoms with E-state index in [0.29, 0.717) is 22.8 Å². The molecule has 1 aliphatic heterocycles. The molecular weight excluding hydrogens is 346 g/mol. The fourth-order valence-corrected chi connectivity index (χ4v) is 5.36. The molecule has 1 atom stereocenters. The fourth-order valence-electron chi connectivity index (χ4n) is 3.37. The second-order valence-corrected chi connectivity index (χ2v) is 8.31. The van der Waals surface area contributed by atoms with Crippen LogP contribution < -0.4 is 5.32 Å². The van der Waals surface area contributed by atoms with Crippen LogP contribution in [0.25, 0.3) is 0 Å². The Bertz CT molecular complexity index is 981. The Labute approximate surface area is 145 Å². The monoisotopic (exact) mass is 359 g/mol. The molecule has 0 fully saturated rings. The van der Waals surface area contributed by atoms with E-state index in [0.717, 1.165) is 5.56 Å². The lowest BCUT2D eigenvalue weighted by Gasteiger charge is -2.31. The number of sulfone groups is 1. The quantitative estimate of drug-likeness (QED) is 0.838. The first kappa shape index (κ1) is 15.4. The zero-order chi connectivity index (χ0) is 16.9. The van der Waals surface area contributed by atoms with E-state index in [1.54, 1.807) is 12.1 Å². The van der Waals surface area contributed by atoms with Gasteiger partial charge in [0.15, 0.2) is 5.78 Å². The lowest BCUT2D eigenvalue weighted by Crippen LogP contribution is -2.30. The number of carbonyl (C=O) groups is 1. The van der Waals surface area contributed by atoms with Crippen LogP contribution in [-0.2, 0) is 14.6 Å². The van der Waals surface area contributed by atoms with E-state index in [2.05, 4.69) is 5.32 Å². The van der Waals surface area contributed by atoms with E-state index in [9.17, 15) is 13.2 Å². The number of allylic oxidation sites excluding steroid dienone is 2. The van der Waals surface area contributed by atoms with Crippen LogP contribution in [0.5, 0.6) is 0 Å². The van der Waals surface area contributed by atoms with Crippen LogP contribution in [0, 0.1) is 0 Å². The highest BCUT2D eigenvalue weighted by molar-refractivity contribution is 7.96. The van der Waals surface area contributed by atoms with Gasteiger partial charge in [-0.2, -0.15) is 0 Å². The van der Waals surface area contributed by atoms with Crippen LogP contribution >= 0.6 is 11.6 Å². The number of anilines is 1. The second kappa shape index (κ2) is 5.46. The molecule has 0 amide bonds. The van der Waals surface area contributed by atoms with E-state index in [4.69, 9.17) is 11.6 Å². The van der Waals surface area contributed by atoms with Crippen LogP contribution in [-0.4, -0.2) is 14.2 Å². The predicted octanol–water partition coefficient (Wildman–Crippen LogP) is 3.90. The molecule has 0 radical (unpaired) electrons. The third-order valence-corrected chi connectivity index (χ3v) is 6.63. The van der Waals surface area contributed by atoms with Crippen molar-refractivity contribution in [2.45, 2.75) is 23.7 Å². The summed E-state index contributed by atoms with van der Waals surface area (Å²) in [7, 11) is -3.84. The molecule has 0 saturated carbocycles. The number of carbonyl (C=O) groups excluding carboxylic acids is 1. The highest BCUT2D eigenvalue weighted by Crippen LogP contribution is 2.43. The van der Waals surface area contributed by atoms with E-state index in [-0.39, 0.29) is 27.9 Å². The average molecular weight is 360 g/mol. The molecule has 2 aromatic rings. The maximum atomic E-state index is 12.9. The lowest BCUT2D eigenvalue weighted by molar-refractivity contribution is -0.115. The summed E-state index contributed by atoms with van der Waals surface area (Å²) in [4.78, 5) is 12.6. The molecule has 122 valence electrons. The Balaban J connectivity index is 1.81. The lowest BCUT2D eigenvalue weighted by atomic mass is 9.85. The molecule has 0 bridgehead atoms. The number of Topliss-reactive ketones (excluding diaryl/α,β-unsaturated/α-hetero) is 1. The normalized spacial score (nSPS) is 21.7. The minimum Gasteiger partial charge on any atom is -0.357 e. The number of hydrogen-bond donors (Lipinski definition) is 1. The first-order chi connectivity index (χ1) is 11.5. The van der Waals surface area contributed by atoms with Gasteiger partial charge in [0.1, 0.15) is 4.91 Å². The molecule has 6 heteroatoms. The van der Waals surface area contributed by atoms with Crippen LogP contribution in [0.1, 0.15) is 24.3 Å². The molecule has 2 aromatic carbocycles. The van der Waals surface area contributed by atoms with Gasteiger partial charge >= 0.3 is 0 Å². The summed E-state index contributed by atoms with van der Waals surface area (Å²) in [5.74, 6) is -0.364. The molecule has 4 nitrogen and oxygen atoms in total. The Hall–Kier alpha value is -2.11. The Morgan fingerprint density at radius 1 is 1.04 bits per heavy atom. The first-order valence-corrected chi connectivity index (χ1v) is 9.46. The number of ketones is 1. The smallest absolute Gasteiger partial charge is 0.213 e. The van der Waals surface area contributed by atoms with Crippen molar-refractivity contribution in [1.82, 2.24) is 0 Å². The molecule has 0 aromatic heterocycles. The predicted molar refractivity (Wildman–Crippen MR) is 92.7 cm³/mol. The summed E-state index contributed by atoms with van der Waals surface area (Å²) in [6.07, 6.45) is 0.687. The zero-order valence-electron chi connectivity index (χ0n) is 12.6. The topological polar surface area (TPSA) is 63.2 Å². The van der Waals surface area contributed by atoms with Crippen LogP contribution in [0.3, 0.4) is 0 Å². The Morgan fingerprint density at radius 3 is 2.54 bits per heavy atom. The summed E-state index contributed by atoms with van der Waals surface area (Å²) < 4.78 is 25.7. The number of nitrogens with one attached hydrogen (secondary N) is 1. The van der Waals surface area contributed by atoms with Gasteiger partial charge in [0.25, 0.3) is 0 Å². The average Bonchev–Trinajstić information content (AvgIpc) is 2.56. The molecule has 1 aliphatic carbocycles. The zero-order valence-corrected chi connectivity index (χ0v) is 14.2. The summed E-state index contributed by atoms with van der Waals surface area (Å²) in [6, 6.07) is 14.4. The van der Waals surface area contributed by atoms with Crippen molar-refractivity contribution in [1.29, 1.82) is 0 Å². The maximum Gasteiger partial charge on any atom is 0.213 e. The van der Waals surface area contributed by atoms with Crippen molar-refractivity contribution in [3.8, 4) is 0 Å². The maximum absolute atomic E-state index is 12.9. The van der Waals surface area contributed by atoms with Crippen molar-refractivity contribution in [3.63, 3.8) is 0 Å². The summed E-state index contributed by atoms with van der Waals surface area (Å²) in [6.45, 7) is 0. The third kappa shape index (κ3) is 2.36. The van der Waals surface area contributed by atoms with Crippen LogP contribution in [0.4, 0.5) is 5.69 Å². The molecular formula is C18H14ClNO3S. The van der Waals surface area contributed by atoms with Gasteiger partial charge in [0.05, 0.1) is 10.6 Å². The minimum atomic E-state index is -3.84. The van der Waals surface area contributed by atoms with Crippen LogP contribution in [0.15, 0.2) is 64.0 Å². The number of hydrogen-bond acceptors (Lipinski definition) is 4. The van der Waals surface area contributed by atoms with E-state index < -0.39 is 9.84 Å². The molecule has 0 spiro atoms. The number of fused-ring (bicyclic) bond motifs is 1. The van der Waals surface area contributed by atoms with E-state index in [1.165, 1.54) is 6.07 Å². The number of rotatable bonds is 1. The molecule has 1 heterocycles. The highest BCUT2D eigenvalue weighted by atomic mass is 35.5. The van der Waals surface area contributed by atoms with Gasteiger partial charge in [0.2, 0.25) is 9.84 Å². The summed E-state index contributed by atoms with van der Waals surface area (Å²) in [5.41, 5.74) is 1.99. The fraction of sp³-hybridized carbons (Fsp3) is 0.167. The van der Waals surface area contributed by atoms with Gasteiger partial charge in [-0.3, -0.25) is 4.79 Å². The standard InChI is InChI=1S/C18H14ClNO3S/c19-13-6-7-14-17(10-13)24(22,23)18-15(20-14)8-12(9-16(18)21)11-4-2-1-3-5-11/h1-7,10,12,20H,8-9H2. The second-order valence-electron chi connectivity index (χ2n) is 6.02. The third-order valence-electron chi connectivity index (χ3n) is 4.47. The largest absolute Gasteiger partial charge is 0.357 e. The molecule has 1 unspecified atom stereocenters. The number of benzene rings is 2. The SMILES string of the molecule is O=C1CC(c2ccccc2)CC2=C1S(=O)(=O)c1cc(Cl)ccc1N2. The van der Waals surface area contributed by atoms with Crippen molar-refractivity contribution >= 4 is 32.9 Å². The van der Waals surface area contributed by atoms with Gasteiger partial charge in [-0.15, -0.1) is 0 Å². The van der Waals surface area contributed by atoms with Gasteiger partial charge in [-0.1, -0.05) is 41.9 Å². The Morgan fingerprint density at radius 2 is 1.79 bits per heavy atom. The first-order valence-electron chi connectivity index (χ1n) is 7.60. The van der Waals surface area contributed by atoms with Crippen molar-refractivity contribution in [3.05, 3.63) is 69.7 Å². The molecule has 4 rings (SSSR count).